The van der Waals surface area contributed by atoms with Crippen molar-refractivity contribution in [2.75, 3.05) is 33.9 Å². The molecule has 138 valence electrons. The molecule has 2 fully saturated rings. The minimum atomic E-state index is -0.0121. The van der Waals surface area contributed by atoms with E-state index >= 15 is 0 Å². The van der Waals surface area contributed by atoms with E-state index in [9.17, 15) is 4.79 Å². The van der Waals surface area contributed by atoms with Crippen LogP contribution in [0.2, 0.25) is 0 Å². The van der Waals surface area contributed by atoms with E-state index in [1.165, 1.54) is 5.56 Å². The molecule has 1 amide bonds. The minimum absolute atomic E-state index is 0.0121. The van der Waals surface area contributed by atoms with Crippen molar-refractivity contribution >= 4 is 5.91 Å². The smallest absolute Gasteiger partial charge is 0.220 e. The number of hydrogen-bond donors (Lipinski definition) is 1. The van der Waals surface area contributed by atoms with E-state index in [-0.39, 0.29) is 11.5 Å². The van der Waals surface area contributed by atoms with E-state index in [0.717, 1.165) is 57.7 Å². The minimum Gasteiger partial charge on any atom is -0.497 e. The van der Waals surface area contributed by atoms with Gasteiger partial charge in [-0.05, 0) is 49.3 Å². The lowest BCUT2D eigenvalue weighted by Crippen LogP contribution is -2.49. The summed E-state index contributed by atoms with van der Waals surface area (Å²) in [4.78, 5) is 14.2. The van der Waals surface area contributed by atoms with Crippen molar-refractivity contribution in [1.82, 2.24) is 10.2 Å². The first-order chi connectivity index (χ1) is 12.1. The number of carbonyl (C=O) groups is 1. The summed E-state index contributed by atoms with van der Waals surface area (Å²) in [7, 11) is 3.42. The second-order valence-corrected chi connectivity index (χ2v) is 7.40. The zero-order chi connectivity index (χ0) is 17.7. The summed E-state index contributed by atoms with van der Waals surface area (Å²) in [5, 5.41) is 2.75. The van der Waals surface area contributed by atoms with Crippen molar-refractivity contribution in [2.45, 2.75) is 44.2 Å². The van der Waals surface area contributed by atoms with Crippen LogP contribution in [0.15, 0.2) is 24.3 Å². The summed E-state index contributed by atoms with van der Waals surface area (Å²) >= 11 is 0. The summed E-state index contributed by atoms with van der Waals surface area (Å²) < 4.78 is 11.5. The van der Waals surface area contributed by atoms with Gasteiger partial charge in [-0.1, -0.05) is 12.1 Å². The molecule has 2 heterocycles. The van der Waals surface area contributed by atoms with E-state index in [4.69, 9.17) is 9.47 Å². The summed E-state index contributed by atoms with van der Waals surface area (Å²) in [6.07, 6.45) is 4.77. The lowest BCUT2D eigenvalue weighted by atomic mass is 9.78. The molecule has 1 N–H and O–H groups in total. The maximum atomic E-state index is 11.7. The van der Waals surface area contributed by atoms with Crippen LogP contribution >= 0.6 is 0 Å². The highest BCUT2D eigenvalue weighted by atomic mass is 16.5. The molecule has 2 aliphatic rings. The van der Waals surface area contributed by atoms with Crippen LogP contribution in [-0.4, -0.2) is 50.3 Å². The van der Waals surface area contributed by atoms with Crippen LogP contribution in [0, 0.1) is 5.92 Å². The van der Waals surface area contributed by atoms with Gasteiger partial charge in [0.1, 0.15) is 5.75 Å². The predicted octanol–water partition coefficient (Wildman–Crippen LogP) is 2.59. The summed E-state index contributed by atoms with van der Waals surface area (Å²) in [5.74, 6) is 1.52. The second kappa shape index (κ2) is 8.19. The number of amides is 1. The molecular formula is C20H30N2O3. The van der Waals surface area contributed by atoms with Crippen LogP contribution in [-0.2, 0) is 16.1 Å². The molecule has 0 bridgehead atoms. The van der Waals surface area contributed by atoms with Gasteiger partial charge in [0.05, 0.1) is 12.7 Å². The monoisotopic (exact) mass is 346 g/mol. The van der Waals surface area contributed by atoms with E-state index in [1.54, 1.807) is 14.2 Å². The van der Waals surface area contributed by atoms with Crippen molar-refractivity contribution in [1.29, 1.82) is 0 Å². The van der Waals surface area contributed by atoms with Crippen LogP contribution in [0.4, 0.5) is 0 Å². The van der Waals surface area contributed by atoms with Crippen molar-refractivity contribution < 1.29 is 14.3 Å². The normalized spacial score (nSPS) is 23.4. The summed E-state index contributed by atoms with van der Waals surface area (Å²) in [6, 6.07) is 8.30. The van der Waals surface area contributed by atoms with Gasteiger partial charge in [-0.2, -0.15) is 0 Å². The number of ether oxygens (including phenoxy) is 2. The fourth-order valence-corrected chi connectivity index (χ4v) is 4.16. The molecule has 0 aromatic heterocycles. The molecule has 1 aromatic carbocycles. The Hall–Kier alpha value is -1.59. The van der Waals surface area contributed by atoms with Crippen LogP contribution in [0.25, 0.3) is 0 Å². The fraction of sp³-hybridized carbons (Fsp3) is 0.650. The Bertz CT molecular complexity index is 582. The number of rotatable bonds is 5. The molecule has 2 aliphatic heterocycles. The third kappa shape index (κ3) is 4.73. The van der Waals surface area contributed by atoms with Crippen LogP contribution in [0.3, 0.4) is 0 Å². The standard InChI is InChI=1S/C20H30N2O3/c1-21-19(23)13-16-6-11-25-20(14-16)7-9-22(10-8-20)15-17-4-3-5-18(12-17)24-2/h3-5,12,16H,6-11,13-15H2,1-2H3,(H,21,23). The predicted molar refractivity (Wildman–Crippen MR) is 97.6 cm³/mol. The maximum absolute atomic E-state index is 11.7. The Balaban J connectivity index is 1.52. The highest BCUT2D eigenvalue weighted by molar-refractivity contribution is 5.75. The molecule has 2 saturated heterocycles. The Morgan fingerprint density at radius 3 is 2.92 bits per heavy atom. The Labute approximate surface area is 150 Å². The lowest BCUT2D eigenvalue weighted by Gasteiger charge is -2.46. The van der Waals surface area contributed by atoms with Gasteiger partial charge < -0.3 is 14.8 Å². The fourth-order valence-electron chi connectivity index (χ4n) is 4.16. The molecule has 1 unspecified atom stereocenters. The maximum Gasteiger partial charge on any atom is 0.220 e. The third-order valence-corrected chi connectivity index (χ3v) is 5.66. The van der Waals surface area contributed by atoms with Crippen LogP contribution in [0.5, 0.6) is 5.75 Å². The van der Waals surface area contributed by atoms with Crippen molar-refractivity contribution in [3.05, 3.63) is 29.8 Å². The number of carbonyl (C=O) groups excluding carboxylic acids is 1. The molecule has 1 spiro atoms. The van der Waals surface area contributed by atoms with Gasteiger partial charge in [0, 0.05) is 39.7 Å². The number of likely N-dealkylation sites (tertiary alicyclic amines) is 1. The quantitative estimate of drug-likeness (QED) is 0.890. The van der Waals surface area contributed by atoms with Gasteiger partial charge in [0.15, 0.2) is 0 Å². The van der Waals surface area contributed by atoms with Gasteiger partial charge in [0.2, 0.25) is 5.91 Å². The molecular weight excluding hydrogens is 316 g/mol. The first kappa shape index (κ1) is 18.2. The van der Waals surface area contributed by atoms with Gasteiger partial charge in [0.25, 0.3) is 0 Å². The van der Waals surface area contributed by atoms with Crippen molar-refractivity contribution in [2.24, 2.45) is 5.92 Å². The highest BCUT2D eigenvalue weighted by Gasteiger charge is 2.40. The zero-order valence-corrected chi connectivity index (χ0v) is 15.4. The molecule has 5 nitrogen and oxygen atoms in total. The van der Waals surface area contributed by atoms with Crippen molar-refractivity contribution in [3.63, 3.8) is 0 Å². The van der Waals surface area contributed by atoms with Gasteiger partial charge in [-0.25, -0.2) is 0 Å². The highest BCUT2D eigenvalue weighted by Crippen LogP contribution is 2.39. The van der Waals surface area contributed by atoms with Gasteiger partial charge in [-0.3, -0.25) is 9.69 Å². The van der Waals surface area contributed by atoms with E-state index < -0.39 is 0 Å². The average molecular weight is 346 g/mol. The average Bonchev–Trinajstić information content (AvgIpc) is 2.64. The zero-order valence-electron chi connectivity index (χ0n) is 15.4. The van der Waals surface area contributed by atoms with E-state index in [2.05, 4.69) is 22.3 Å². The topological polar surface area (TPSA) is 50.8 Å². The number of nitrogens with zero attached hydrogens (tertiary/aromatic N) is 1. The third-order valence-electron chi connectivity index (χ3n) is 5.66. The number of nitrogens with one attached hydrogen (secondary N) is 1. The Kier molecular flexibility index (Phi) is 5.97. The SMILES string of the molecule is CNC(=O)CC1CCOC2(CCN(Cc3cccc(OC)c3)CC2)C1. The lowest BCUT2D eigenvalue weighted by molar-refractivity contribution is -0.136. The molecule has 1 atom stereocenters. The molecule has 25 heavy (non-hydrogen) atoms. The van der Waals surface area contributed by atoms with Gasteiger partial charge in [-0.15, -0.1) is 0 Å². The van der Waals surface area contributed by atoms with Crippen LogP contribution in [0.1, 0.15) is 37.7 Å². The Morgan fingerprint density at radius 2 is 2.20 bits per heavy atom. The second-order valence-electron chi connectivity index (χ2n) is 7.40. The molecule has 0 radical (unpaired) electrons. The number of benzene rings is 1. The van der Waals surface area contributed by atoms with Gasteiger partial charge >= 0.3 is 0 Å². The summed E-state index contributed by atoms with van der Waals surface area (Å²) in [5.41, 5.74) is 1.28. The largest absolute Gasteiger partial charge is 0.497 e. The molecule has 3 rings (SSSR count). The number of piperidine rings is 1. The molecule has 0 aliphatic carbocycles. The number of methoxy groups -OCH3 is 1. The molecule has 0 saturated carbocycles. The first-order valence-corrected chi connectivity index (χ1v) is 9.32. The Morgan fingerprint density at radius 1 is 1.40 bits per heavy atom. The van der Waals surface area contributed by atoms with Crippen molar-refractivity contribution in [3.8, 4) is 5.75 Å². The number of hydrogen-bond acceptors (Lipinski definition) is 4. The summed E-state index contributed by atoms with van der Waals surface area (Å²) in [6.45, 7) is 3.83. The van der Waals surface area contributed by atoms with E-state index in [0.29, 0.717) is 12.3 Å². The van der Waals surface area contributed by atoms with Crippen LogP contribution < -0.4 is 10.1 Å². The molecule has 1 aromatic rings. The first-order valence-electron chi connectivity index (χ1n) is 9.32. The molecule has 5 heteroatoms. The van der Waals surface area contributed by atoms with E-state index in [1.807, 2.05) is 12.1 Å².